The highest BCUT2D eigenvalue weighted by molar-refractivity contribution is 7.09. The van der Waals surface area contributed by atoms with Crippen LogP contribution in [-0.2, 0) is 4.74 Å². The summed E-state index contributed by atoms with van der Waals surface area (Å²) in [5.74, 6) is 6.01. The van der Waals surface area contributed by atoms with Crippen molar-refractivity contribution in [3.63, 3.8) is 0 Å². The Morgan fingerprint density at radius 3 is 3.23 bits per heavy atom. The standard InChI is InChI=1S/C8H13N3OS/c9-11-8(6-1-2-12-4-6)7-3-10-5-13-7/h3,5-6,8,11H,1-2,4,9H2. The van der Waals surface area contributed by atoms with E-state index < -0.39 is 0 Å². The lowest BCUT2D eigenvalue weighted by Gasteiger charge is -2.19. The fourth-order valence-electron chi connectivity index (χ4n) is 1.65. The largest absolute Gasteiger partial charge is 0.381 e. The summed E-state index contributed by atoms with van der Waals surface area (Å²) in [4.78, 5) is 5.24. The van der Waals surface area contributed by atoms with Gasteiger partial charge in [-0.05, 0) is 6.42 Å². The average Bonchev–Trinajstić information content (AvgIpc) is 2.76. The third kappa shape index (κ3) is 1.88. The minimum Gasteiger partial charge on any atom is -0.381 e. The molecule has 72 valence electrons. The van der Waals surface area contributed by atoms with Gasteiger partial charge in [0.15, 0.2) is 0 Å². The number of nitrogens with two attached hydrogens (primary N) is 1. The van der Waals surface area contributed by atoms with E-state index in [1.807, 2.05) is 11.7 Å². The molecule has 3 N–H and O–H groups in total. The van der Waals surface area contributed by atoms with Crippen LogP contribution < -0.4 is 11.3 Å². The van der Waals surface area contributed by atoms with Gasteiger partial charge in [-0.2, -0.15) is 0 Å². The molecule has 2 heterocycles. The molecule has 13 heavy (non-hydrogen) atoms. The summed E-state index contributed by atoms with van der Waals surface area (Å²) in [5.41, 5.74) is 4.67. The third-order valence-corrected chi connectivity index (χ3v) is 3.23. The van der Waals surface area contributed by atoms with Gasteiger partial charge in [0.25, 0.3) is 0 Å². The highest BCUT2D eigenvalue weighted by atomic mass is 32.1. The molecule has 5 heteroatoms. The molecule has 0 bridgehead atoms. The molecule has 0 saturated carbocycles. The van der Waals surface area contributed by atoms with Crippen molar-refractivity contribution in [2.75, 3.05) is 13.2 Å². The molecule has 1 saturated heterocycles. The zero-order valence-electron chi connectivity index (χ0n) is 7.27. The Kier molecular flexibility index (Phi) is 2.90. The van der Waals surface area contributed by atoms with Crippen LogP contribution in [0.2, 0.25) is 0 Å². The number of ether oxygens (including phenoxy) is 1. The van der Waals surface area contributed by atoms with E-state index in [0.29, 0.717) is 5.92 Å². The Hall–Kier alpha value is -0.490. The summed E-state index contributed by atoms with van der Waals surface area (Å²) >= 11 is 1.63. The van der Waals surface area contributed by atoms with Gasteiger partial charge in [-0.3, -0.25) is 16.3 Å². The number of nitrogens with one attached hydrogen (secondary N) is 1. The maximum absolute atomic E-state index is 5.52. The molecule has 0 spiro atoms. The highest BCUT2D eigenvalue weighted by Gasteiger charge is 2.26. The van der Waals surface area contributed by atoms with Gasteiger partial charge >= 0.3 is 0 Å². The maximum atomic E-state index is 5.52. The SMILES string of the molecule is NNC(c1cncs1)C1CCOC1. The molecule has 0 aliphatic carbocycles. The normalized spacial score (nSPS) is 24.8. The topological polar surface area (TPSA) is 60.2 Å². The fourth-order valence-corrected chi connectivity index (χ4v) is 2.42. The molecular formula is C8H13N3OS. The number of hydrogen-bond donors (Lipinski definition) is 2. The van der Waals surface area contributed by atoms with E-state index in [-0.39, 0.29) is 6.04 Å². The summed E-state index contributed by atoms with van der Waals surface area (Å²) in [6.07, 6.45) is 2.94. The molecule has 4 nitrogen and oxygen atoms in total. The number of aromatic nitrogens is 1. The number of nitrogens with zero attached hydrogens (tertiary/aromatic N) is 1. The zero-order valence-corrected chi connectivity index (χ0v) is 8.09. The summed E-state index contributed by atoms with van der Waals surface area (Å²) < 4.78 is 5.33. The lowest BCUT2D eigenvalue weighted by molar-refractivity contribution is 0.177. The minimum absolute atomic E-state index is 0.204. The van der Waals surface area contributed by atoms with E-state index in [2.05, 4.69) is 10.4 Å². The predicted molar refractivity (Wildman–Crippen MR) is 51.1 cm³/mol. The van der Waals surface area contributed by atoms with Gasteiger partial charge in [0, 0.05) is 23.6 Å². The van der Waals surface area contributed by atoms with Gasteiger partial charge in [-0.15, -0.1) is 11.3 Å². The van der Waals surface area contributed by atoms with Crippen LogP contribution in [0.25, 0.3) is 0 Å². The molecule has 0 amide bonds. The second-order valence-electron chi connectivity index (χ2n) is 3.17. The number of thiazole rings is 1. The van der Waals surface area contributed by atoms with E-state index in [1.165, 1.54) is 4.88 Å². The van der Waals surface area contributed by atoms with Crippen molar-refractivity contribution in [2.24, 2.45) is 11.8 Å². The van der Waals surface area contributed by atoms with E-state index in [1.54, 1.807) is 11.3 Å². The van der Waals surface area contributed by atoms with Crippen LogP contribution in [0, 0.1) is 5.92 Å². The molecule has 2 unspecified atom stereocenters. The Morgan fingerprint density at radius 2 is 2.69 bits per heavy atom. The molecule has 1 fully saturated rings. The molecule has 2 rings (SSSR count). The number of rotatable bonds is 3. The highest BCUT2D eigenvalue weighted by Crippen LogP contribution is 2.29. The average molecular weight is 199 g/mol. The van der Waals surface area contributed by atoms with Crippen LogP contribution in [-0.4, -0.2) is 18.2 Å². The Morgan fingerprint density at radius 1 is 1.77 bits per heavy atom. The summed E-state index contributed by atoms with van der Waals surface area (Å²) in [7, 11) is 0. The zero-order chi connectivity index (χ0) is 9.10. The number of hydrogen-bond acceptors (Lipinski definition) is 5. The maximum Gasteiger partial charge on any atom is 0.0794 e. The van der Waals surface area contributed by atoms with Gasteiger partial charge in [0.1, 0.15) is 0 Å². The van der Waals surface area contributed by atoms with Gasteiger partial charge in [0.2, 0.25) is 0 Å². The van der Waals surface area contributed by atoms with Gasteiger partial charge in [-0.25, -0.2) is 0 Å². The predicted octanol–water partition coefficient (Wildman–Crippen LogP) is 0.684. The van der Waals surface area contributed by atoms with Gasteiger partial charge < -0.3 is 4.74 Å². The molecule has 2 atom stereocenters. The second kappa shape index (κ2) is 4.15. The molecule has 1 aliphatic heterocycles. The second-order valence-corrected chi connectivity index (χ2v) is 4.09. The molecule has 1 aromatic rings. The Labute approximate surface area is 81.1 Å². The van der Waals surface area contributed by atoms with E-state index in [4.69, 9.17) is 10.6 Å². The fraction of sp³-hybridized carbons (Fsp3) is 0.625. The molecular weight excluding hydrogens is 186 g/mol. The Balaban J connectivity index is 2.08. The van der Waals surface area contributed by atoms with Crippen molar-refractivity contribution in [2.45, 2.75) is 12.5 Å². The molecule has 0 radical (unpaired) electrons. The van der Waals surface area contributed by atoms with Crippen LogP contribution >= 0.6 is 11.3 Å². The Bertz CT molecular complexity index is 246. The smallest absolute Gasteiger partial charge is 0.0794 e. The molecule has 1 aliphatic rings. The summed E-state index contributed by atoms with van der Waals surface area (Å²) in [6.45, 7) is 1.65. The third-order valence-electron chi connectivity index (χ3n) is 2.37. The lowest BCUT2D eigenvalue weighted by atomic mass is 9.99. The van der Waals surface area contributed by atoms with Crippen LogP contribution in [0.4, 0.5) is 0 Å². The van der Waals surface area contributed by atoms with E-state index in [0.717, 1.165) is 19.6 Å². The van der Waals surface area contributed by atoms with Gasteiger partial charge in [-0.1, -0.05) is 0 Å². The lowest BCUT2D eigenvalue weighted by Crippen LogP contribution is -2.33. The molecule has 1 aromatic heterocycles. The van der Waals surface area contributed by atoms with Crippen molar-refractivity contribution < 1.29 is 4.74 Å². The molecule has 0 aromatic carbocycles. The summed E-state index contributed by atoms with van der Waals surface area (Å²) in [6, 6.07) is 0.204. The van der Waals surface area contributed by atoms with Crippen molar-refractivity contribution in [3.8, 4) is 0 Å². The minimum atomic E-state index is 0.204. The van der Waals surface area contributed by atoms with Crippen LogP contribution in [0.15, 0.2) is 11.7 Å². The van der Waals surface area contributed by atoms with Crippen molar-refractivity contribution in [3.05, 3.63) is 16.6 Å². The quantitative estimate of drug-likeness (QED) is 0.555. The van der Waals surface area contributed by atoms with Crippen LogP contribution in [0.1, 0.15) is 17.3 Å². The van der Waals surface area contributed by atoms with Crippen molar-refractivity contribution in [1.29, 1.82) is 0 Å². The number of hydrazine groups is 1. The van der Waals surface area contributed by atoms with Crippen molar-refractivity contribution in [1.82, 2.24) is 10.4 Å². The van der Waals surface area contributed by atoms with Crippen LogP contribution in [0.5, 0.6) is 0 Å². The van der Waals surface area contributed by atoms with Crippen LogP contribution in [0.3, 0.4) is 0 Å². The summed E-state index contributed by atoms with van der Waals surface area (Å²) in [5, 5.41) is 0. The first-order valence-electron chi connectivity index (χ1n) is 4.34. The van der Waals surface area contributed by atoms with E-state index >= 15 is 0 Å². The van der Waals surface area contributed by atoms with E-state index in [9.17, 15) is 0 Å². The first-order chi connectivity index (χ1) is 6.42. The monoisotopic (exact) mass is 199 g/mol. The first kappa shape index (κ1) is 9.08. The van der Waals surface area contributed by atoms with Gasteiger partial charge in [0.05, 0.1) is 18.2 Å². The first-order valence-corrected chi connectivity index (χ1v) is 5.22. The van der Waals surface area contributed by atoms with Crippen molar-refractivity contribution >= 4 is 11.3 Å².